The van der Waals surface area contributed by atoms with Crippen LogP contribution in [0.5, 0.6) is 0 Å². The predicted molar refractivity (Wildman–Crippen MR) is 94.3 cm³/mol. The predicted octanol–water partition coefficient (Wildman–Crippen LogP) is 2.72. The van der Waals surface area contributed by atoms with Crippen LogP contribution in [0.15, 0.2) is 29.6 Å². The third-order valence-electron chi connectivity index (χ3n) is 3.85. The number of carbonyl (C=O) groups excluding carboxylic acids is 3. The lowest BCUT2D eigenvalue weighted by molar-refractivity contribution is -0.131. The summed E-state index contributed by atoms with van der Waals surface area (Å²) in [6, 6.07) is 6.27. The molecule has 1 aromatic carbocycles. The Labute approximate surface area is 153 Å². The Morgan fingerprint density at radius 3 is 2.68 bits per heavy atom. The summed E-state index contributed by atoms with van der Waals surface area (Å²) >= 11 is 7.12. The molecular weight excluding hydrogens is 364 g/mol. The van der Waals surface area contributed by atoms with Gasteiger partial charge >= 0.3 is 6.03 Å². The highest BCUT2D eigenvalue weighted by Gasteiger charge is 2.49. The van der Waals surface area contributed by atoms with Crippen LogP contribution in [0.4, 0.5) is 9.93 Å². The zero-order chi connectivity index (χ0) is 18.2. The Morgan fingerprint density at radius 2 is 2.04 bits per heavy atom. The van der Waals surface area contributed by atoms with E-state index in [-0.39, 0.29) is 18.4 Å². The largest absolute Gasteiger partial charge is 0.325 e. The molecule has 7 nitrogen and oxygen atoms in total. The van der Waals surface area contributed by atoms with Gasteiger partial charge in [0.25, 0.3) is 5.91 Å². The number of hydrogen-bond donors (Lipinski definition) is 2. The van der Waals surface area contributed by atoms with E-state index in [1.54, 1.807) is 36.6 Å². The van der Waals surface area contributed by atoms with E-state index in [2.05, 4.69) is 15.6 Å². The number of halogens is 1. The second-order valence-electron chi connectivity index (χ2n) is 5.78. The first kappa shape index (κ1) is 17.4. The molecular formula is C16H15ClN4O3S. The summed E-state index contributed by atoms with van der Waals surface area (Å²) in [6.45, 7) is 3.07. The molecule has 2 heterocycles. The molecule has 4 amide bonds. The molecule has 2 aromatic rings. The third kappa shape index (κ3) is 3.35. The van der Waals surface area contributed by atoms with Crippen molar-refractivity contribution in [3.8, 4) is 0 Å². The van der Waals surface area contributed by atoms with Crippen LogP contribution in [-0.4, -0.2) is 27.7 Å². The van der Waals surface area contributed by atoms with Gasteiger partial charge < -0.3 is 10.6 Å². The summed E-state index contributed by atoms with van der Waals surface area (Å²) < 4.78 is 0. The molecule has 1 unspecified atom stereocenters. The van der Waals surface area contributed by atoms with Gasteiger partial charge in [0, 0.05) is 17.3 Å². The van der Waals surface area contributed by atoms with Crippen molar-refractivity contribution in [1.82, 2.24) is 15.2 Å². The first-order chi connectivity index (χ1) is 11.8. The van der Waals surface area contributed by atoms with Gasteiger partial charge in [0.05, 0.1) is 12.2 Å². The summed E-state index contributed by atoms with van der Waals surface area (Å²) in [5.74, 6) is -0.597. The lowest BCUT2D eigenvalue weighted by atomic mass is 9.92. The van der Waals surface area contributed by atoms with Crippen LogP contribution in [0.2, 0.25) is 5.02 Å². The monoisotopic (exact) mass is 378 g/mol. The molecule has 1 aliphatic rings. The highest BCUT2D eigenvalue weighted by Crippen LogP contribution is 2.30. The topological polar surface area (TPSA) is 91.4 Å². The van der Waals surface area contributed by atoms with Gasteiger partial charge in [-0.05, 0) is 24.6 Å². The number of thiazole rings is 1. The van der Waals surface area contributed by atoms with Crippen molar-refractivity contribution in [2.24, 2.45) is 0 Å². The molecule has 1 aromatic heterocycles. The van der Waals surface area contributed by atoms with Crippen LogP contribution in [0.25, 0.3) is 0 Å². The van der Waals surface area contributed by atoms with Crippen LogP contribution in [-0.2, 0) is 21.7 Å². The van der Waals surface area contributed by atoms with Crippen LogP contribution in [0, 0.1) is 0 Å². The van der Waals surface area contributed by atoms with Crippen molar-refractivity contribution < 1.29 is 14.4 Å². The summed E-state index contributed by atoms with van der Waals surface area (Å²) in [5.41, 5.74) is 0.0191. The van der Waals surface area contributed by atoms with Crippen molar-refractivity contribution in [2.45, 2.75) is 25.9 Å². The quantitative estimate of drug-likeness (QED) is 0.800. The molecule has 25 heavy (non-hydrogen) atoms. The number of anilines is 1. The van der Waals surface area contributed by atoms with Gasteiger partial charge in [-0.15, -0.1) is 11.3 Å². The highest BCUT2D eigenvalue weighted by atomic mass is 35.5. The first-order valence-corrected chi connectivity index (χ1v) is 8.67. The molecule has 3 rings (SSSR count). The average Bonchev–Trinajstić information content (AvgIpc) is 3.06. The average molecular weight is 379 g/mol. The minimum Gasteiger partial charge on any atom is -0.319 e. The Bertz CT molecular complexity index is 851. The molecule has 1 fully saturated rings. The van der Waals surface area contributed by atoms with Crippen LogP contribution in [0.3, 0.4) is 0 Å². The third-order valence-corrected chi connectivity index (χ3v) is 4.91. The molecule has 0 radical (unpaired) electrons. The number of aromatic nitrogens is 1. The summed E-state index contributed by atoms with van der Waals surface area (Å²) in [4.78, 5) is 41.5. The lowest BCUT2D eigenvalue weighted by Crippen LogP contribution is -2.40. The SMILES string of the molecule is CC(=O)Nc1nc(CN2C(=O)NC(C)(c3ccc(Cl)cc3)C2=O)cs1. The van der Waals surface area contributed by atoms with E-state index in [9.17, 15) is 14.4 Å². The number of rotatable bonds is 4. The van der Waals surface area contributed by atoms with E-state index < -0.39 is 11.6 Å². The van der Waals surface area contributed by atoms with Gasteiger partial charge in [0.15, 0.2) is 5.13 Å². The fourth-order valence-corrected chi connectivity index (χ4v) is 3.44. The summed E-state index contributed by atoms with van der Waals surface area (Å²) in [6.07, 6.45) is 0. The van der Waals surface area contributed by atoms with Gasteiger partial charge in [-0.2, -0.15) is 0 Å². The zero-order valence-corrected chi connectivity index (χ0v) is 15.1. The van der Waals surface area contributed by atoms with Crippen LogP contribution in [0.1, 0.15) is 25.1 Å². The number of benzene rings is 1. The first-order valence-electron chi connectivity index (χ1n) is 7.42. The van der Waals surface area contributed by atoms with Crippen molar-refractivity contribution in [3.05, 3.63) is 45.9 Å². The second kappa shape index (κ2) is 6.45. The number of hydrogen-bond acceptors (Lipinski definition) is 5. The Hall–Kier alpha value is -2.45. The van der Waals surface area contributed by atoms with Gasteiger partial charge in [0.1, 0.15) is 5.54 Å². The maximum absolute atomic E-state index is 12.8. The molecule has 1 saturated heterocycles. The molecule has 0 spiro atoms. The van der Waals surface area contributed by atoms with E-state index in [4.69, 9.17) is 11.6 Å². The molecule has 1 atom stereocenters. The standard InChI is InChI=1S/C16H15ClN4O3S/c1-9(22)18-14-19-12(8-25-14)7-21-13(23)16(2,20-15(21)24)10-3-5-11(17)6-4-10/h3-6,8H,7H2,1-2H3,(H,20,24)(H,18,19,22). The molecule has 0 saturated carbocycles. The van der Waals surface area contributed by atoms with Gasteiger partial charge in [0.2, 0.25) is 5.91 Å². The van der Waals surface area contributed by atoms with E-state index in [0.29, 0.717) is 21.4 Å². The van der Waals surface area contributed by atoms with Crippen molar-refractivity contribution in [2.75, 3.05) is 5.32 Å². The van der Waals surface area contributed by atoms with E-state index in [1.807, 2.05) is 0 Å². The minimum absolute atomic E-state index is 0.0317. The van der Waals surface area contributed by atoms with Gasteiger partial charge in [-0.1, -0.05) is 23.7 Å². The number of carbonyl (C=O) groups is 3. The van der Waals surface area contributed by atoms with Crippen LogP contribution >= 0.6 is 22.9 Å². The highest BCUT2D eigenvalue weighted by molar-refractivity contribution is 7.13. The van der Waals surface area contributed by atoms with Crippen molar-refractivity contribution in [3.63, 3.8) is 0 Å². The molecule has 9 heteroatoms. The van der Waals surface area contributed by atoms with Crippen molar-refractivity contribution >= 4 is 45.9 Å². The maximum atomic E-state index is 12.8. The fourth-order valence-electron chi connectivity index (χ4n) is 2.57. The van der Waals surface area contributed by atoms with Crippen LogP contribution < -0.4 is 10.6 Å². The molecule has 2 N–H and O–H groups in total. The molecule has 1 aliphatic heterocycles. The van der Waals surface area contributed by atoms with Gasteiger partial charge in [-0.25, -0.2) is 9.78 Å². The Balaban J connectivity index is 1.80. The lowest BCUT2D eigenvalue weighted by Gasteiger charge is -2.22. The number of urea groups is 1. The second-order valence-corrected chi connectivity index (χ2v) is 7.07. The normalized spacial score (nSPS) is 19.9. The van der Waals surface area contributed by atoms with E-state index in [0.717, 1.165) is 4.90 Å². The maximum Gasteiger partial charge on any atom is 0.325 e. The minimum atomic E-state index is -1.15. The molecule has 0 aliphatic carbocycles. The van der Waals surface area contributed by atoms with E-state index in [1.165, 1.54) is 18.3 Å². The summed E-state index contributed by atoms with van der Waals surface area (Å²) in [5, 5.41) is 7.97. The zero-order valence-electron chi connectivity index (χ0n) is 13.5. The number of amides is 4. The Kier molecular flexibility index (Phi) is 4.49. The number of imide groups is 1. The van der Waals surface area contributed by atoms with E-state index >= 15 is 0 Å². The number of nitrogens with zero attached hydrogens (tertiary/aromatic N) is 2. The smallest absolute Gasteiger partial charge is 0.319 e. The van der Waals surface area contributed by atoms with Gasteiger partial charge in [-0.3, -0.25) is 14.5 Å². The number of nitrogens with one attached hydrogen (secondary N) is 2. The Morgan fingerprint density at radius 1 is 1.36 bits per heavy atom. The molecule has 0 bridgehead atoms. The van der Waals surface area contributed by atoms with Crippen molar-refractivity contribution in [1.29, 1.82) is 0 Å². The fraction of sp³-hybridized carbons (Fsp3) is 0.250. The summed E-state index contributed by atoms with van der Waals surface area (Å²) in [7, 11) is 0. The molecule has 130 valence electrons.